The largest absolute Gasteiger partial charge is 0.507 e. The molecule has 2 N–H and O–H groups in total. The predicted molar refractivity (Wildman–Crippen MR) is 155 cm³/mol. The van der Waals surface area contributed by atoms with Crippen LogP contribution in [0.1, 0.15) is 62.1 Å². The molecule has 2 aliphatic heterocycles. The third kappa shape index (κ3) is 5.30. The second kappa shape index (κ2) is 11.8. The third-order valence-electron chi connectivity index (χ3n) is 7.09. The molecule has 4 aromatic rings. The average molecular weight is 621 g/mol. The highest BCUT2D eigenvalue weighted by atomic mass is 16.6. The van der Waals surface area contributed by atoms with E-state index in [2.05, 4.69) is 10.2 Å². The fourth-order valence-corrected chi connectivity index (χ4v) is 4.73. The maximum absolute atomic E-state index is 12.7. The molecule has 0 radical (unpaired) electrons. The zero-order valence-corrected chi connectivity index (χ0v) is 23.4. The molecule has 0 saturated carbocycles. The van der Waals surface area contributed by atoms with Gasteiger partial charge in [-0.25, -0.2) is 19.4 Å². The van der Waals surface area contributed by atoms with Crippen LogP contribution in [0.2, 0.25) is 0 Å². The van der Waals surface area contributed by atoms with Gasteiger partial charge in [-0.15, -0.1) is 0 Å². The number of amides is 4. The quantitative estimate of drug-likeness (QED) is 0.163. The molecule has 0 fully saturated rings. The van der Waals surface area contributed by atoms with Gasteiger partial charge >= 0.3 is 11.9 Å². The van der Waals surface area contributed by atoms with Crippen LogP contribution in [-0.4, -0.2) is 69.0 Å². The van der Waals surface area contributed by atoms with Crippen LogP contribution in [0.15, 0.2) is 95.2 Å². The van der Waals surface area contributed by atoms with Gasteiger partial charge in [0.2, 0.25) is 0 Å². The molecule has 0 aliphatic carbocycles. The number of carbonyl (C=O) groups is 6. The first-order valence-electron chi connectivity index (χ1n) is 13.5. The molecule has 2 aliphatic rings. The van der Waals surface area contributed by atoms with E-state index >= 15 is 0 Å². The summed E-state index contributed by atoms with van der Waals surface area (Å²) in [7, 11) is 0. The Labute approximate surface area is 258 Å². The summed E-state index contributed by atoms with van der Waals surface area (Å²) in [4.78, 5) is 77.0. The van der Waals surface area contributed by atoms with E-state index in [-0.39, 0.29) is 44.8 Å². The van der Waals surface area contributed by atoms with Crippen LogP contribution in [0, 0.1) is 0 Å². The van der Waals surface area contributed by atoms with Crippen LogP contribution in [0.4, 0.5) is 11.4 Å². The van der Waals surface area contributed by atoms with E-state index in [0.717, 1.165) is 34.1 Å². The molecule has 2 heterocycles. The van der Waals surface area contributed by atoms with E-state index in [9.17, 15) is 39.0 Å². The van der Waals surface area contributed by atoms with Crippen molar-refractivity contribution in [1.29, 1.82) is 0 Å². The number of phenols is 2. The zero-order valence-electron chi connectivity index (χ0n) is 23.4. The van der Waals surface area contributed by atoms with Gasteiger partial charge in [-0.1, -0.05) is 24.3 Å². The normalized spacial score (nSPS) is 13.7. The van der Waals surface area contributed by atoms with E-state index in [1.807, 2.05) is 0 Å². The van der Waals surface area contributed by atoms with Crippen molar-refractivity contribution >= 4 is 46.9 Å². The lowest BCUT2D eigenvalue weighted by Crippen LogP contribution is -2.33. The maximum Gasteiger partial charge on any atom is 0.343 e. The molecule has 6 rings (SSSR count). The van der Waals surface area contributed by atoms with Crippen molar-refractivity contribution in [2.75, 3.05) is 13.5 Å². The summed E-state index contributed by atoms with van der Waals surface area (Å²) in [6, 6.07) is 19.6. The van der Waals surface area contributed by atoms with Crippen LogP contribution in [-0.2, 0) is 9.47 Å². The van der Waals surface area contributed by atoms with E-state index < -0.39 is 60.5 Å². The molecule has 228 valence electrons. The van der Waals surface area contributed by atoms with E-state index in [1.54, 1.807) is 24.3 Å². The minimum atomic E-state index is -1.04. The molecule has 4 aromatic carbocycles. The van der Waals surface area contributed by atoms with Gasteiger partial charge in [-0.2, -0.15) is 10.2 Å². The molecule has 0 bridgehead atoms. The number of nitrogens with zero attached hydrogens (tertiary/aromatic N) is 4. The van der Waals surface area contributed by atoms with Gasteiger partial charge in [0.1, 0.15) is 22.6 Å². The second-order valence-corrected chi connectivity index (χ2v) is 9.89. The minimum absolute atomic E-state index is 0.0771. The second-order valence-electron chi connectivity index (χ2n) is 9.89. The molecule has 0 unspecified atom stereocenters. The highest BCUT2D eigenvalue weighted by Crippen LogP contribution is 2.30. The first kappa shape index (κ1) is 29.4. The summed E-state index contributed by atoms with van der Waals surface area (Å²) >= 11 is 0. The lowest BCUT2D eigenvalue weighted by molar-refractivity contribution is 0.0204. The number of benzene rings is 4. The van der Waals surface area contributed by atoms with Crippen molar-refractivity contribution in [2.24, 2.45) is 10.2 Å². The summed E-state index contributed by atoms with van der Waals surface area (Å²) in [6.07, 6.45) is 0. The Hall–Kier alpha value is -6.70. The highest BCUT2D eigenvalue weighted by Gasteiger charge is 2.37. The van der Waals surface area contributed by atoms with Gasteiger partial charge in [0.25, 0.3) is 23.6 Å². The molecule has 0 atom stereocenters. The van der Waals surface area contributed by atoms with Gasteiger partial charge in [0.15, 0.2) is 13.5 Å². The first-order chi connectivity index (χ1) is 22.1. The number of hydrogen-bond acceptors (Lipinski definition) is 12. The number of fused-ring (bicyclic) bond motifs is 2. The monoisotopic (exact) mass is 620 g/mol. The number of ether oxygens (including phenoxy) is 2. The zero-order chi connectivity index (χ0) is 32.5. The number of imide groups is 2. The van der Waals surface area contributed by atoms with Crippen molar-refractivity contribution in [2.45, 2.75) is 0 Å². The molecule has 0 aromatic heterocycles. The molecule has 14 nitrogen and oxygen atoms in total. The van der Waals surface area contributed by atoms with Crippen LogP contribution < -0.4 is 0 Å². The van der Waals surface area contributed by atoms with E-state index in [0.29, 0.717) is 0 Å². The molecule has 46 heavy (non-hydrogen) atoms. The number of azo groups is 1. The number of phenolic OH excluding ortho intramolecular Hbond substituents is 2. The number of hydrogen-bond donors (Lipinski definition) is 2. The molecule has 14 heteroatoms. The highest BCUT2D eigenvalue weighted by molar-refractivity contribution is 6.22. The molecule has 0 spiro atoms. The fourth-order valence-electron chi connectivity index (χ4n) is 4.73. The minimum Gasteiger partial charge on any atom is -0.507 e. The predicted octanol–water partition coefficient (Wildman–Crippen LogP) is 4.33. The lowest BCUT2D eigenvalue weighted by Gasteiger charge is -2.14. The standard InChI is InChI=1S/C32H20N4O10/c37-25-11-9-17(13-23(25)31(43)45-15-35-27(39)19-5-1-2-6-20(19)28(35)40)33-34-18-10-12-26(38)24(14-18)32(44)46-16-36-29(41)21-7-3-4-8-22(21)30(36)42/h1-14,37-38H,15-16H2. The van der Waals surface area contributed by atoms with Crippen LogP contribution >= 0.6 is 0 Å². The summed E-state index contributed by atoms with van der Waals surface area (Å²) in [5.41, 5.74) is 0.239. The van der Waals surface area contributed by atoms with Crippen molar-refractivity contribution < 1.29 is 48.5 Å². The van der Waals surface area contributed by atoms with Crippen LogP contribution in [0.3, 0.4) is 0 Å². The van der Waals surface area contributed by atoms with Gasteiger partial charge in [-0.05, 0) is 60.7 Å². The van der Waals surface area contributed by atoms with Crippen molar-refractivity contribution in [3.05, 3.63) is 118 Å². The lowest BCUT2D eigenvalue weighted by atomic mass is 10.1. The van der Waals surface area contributed by atoms with Gasteiger partial charge in [0, 0.05) is 0 Å². The number of aromatic hydroxyl groups is 2. The summed E-state index contributed by atoms with van der Waals surface area (Å²) < 4.78 is 10.2. The van der Waals surface area contributed by atoms with Crippen molar-refractivity contribution in [1.82, 2.24) is 9.80 Å². The molecular weight excluding hydrogens is 600 g/mol. The Morgan fingerprint density at radius 3 is 1.20 bits per heavy atom. The SMILES string of the molecule is O=C(OCN1C(=O)c2ccccc2C1=O)c1cc(N=Nc2ccc(O)c(C(=O)OCN3C(=O)c4ccccc4C3=O)c2)ccc1O. The maximum atomic E-state index is 12.7. The Bertz CT molecular complexity index is 1810. The fraction of sp³-hybridized carbons (Fsp3) is 0.0625. The summed E-state index contributed by atoms with van der Waals surface area (Å²) in [5.74, 6) is -5.50. The number of esters is 2. The van der Waals surface area contributed by atoms with Gasteiger partial charge in [-0.3, -0.25) is 19.2 Å². The van der Waals surface area contributed by atoms with Gasteiger partial charge in [0.05, 0.1) is 33.6 Å². The first-order valence-corrected chi connectivity index (χ1v) is 13.5. The average Bonchev–Trinajstić information content (AvgIpc) is 3.46. The summed E-state index contributed by atoms with van der Waals surface area (Å²) in [6.45, 7) is -1.37. The van der Waals surface area contributed by atoms with E-state index in [1.165, 1.54) is 36.4 Å². The molecule has 0 saturated heterocycles. The van der Waals surface area contributed by atoms with Crippen LogP contribution in [0.5, 0.6) is 11.5 Å². The smallest absolute Gasteiger partial charge is 0.343 e. The topological polar surface area (TPSA) is 193 Å². The number of rotatable bonds is 8. The Kier molecular flexibility index (Phi) is 7.51. The van der Waals surface area contributed by atoms with Crippen molar-refractivity contribution in [3.8, 4) is 11.5 Å². The Morgan fingerprint density at radius 1 is 0.543 bits per heavy atom. The van der Waals surface area contributed by atoms with E-state index in [4.69, 9.17) is 9.47 Å². The third-order valence-corrected chi connectivity index (χ3v) is 7.09. The van der Waals surface area contributed by atoms with Crippen LogP contribution in [0.25, 0.3) is 0 Å². The molecule has 4 amide bonds. The molecular formula is C32H20N4O10. The Balaban J connectivity index is 1.11. The van der Waals surface area contributed by atoms with Crippen molar-refractivity contribution in [3.63, 3.8) is 0 Å². The summed E-state index contributed by atoms with van der Waals surface area (Å²) in [5, 5.41) is 28.4. The van der Waals surface area contributed by atoms with Gasteiger partial charge < -0.3 is 19.7 Å². The number of carbonyl (C=O) groups excluding carboxylic acids is 6. The Morgan fingerprint density at radius 2 is 0.870 bits per heavy atom.